The van der Waals surface area contributed by atoms with E-state index in [0.717, 1.165) is 0 Å². The van der Waals surface area contributed by atoms with Crippen LogP contribution in [0.3, 0.4) is 0 Å². The van der Waals surface area contributed by atoms with Gasteiger partial charge >= 0.3 is 0 Å². The van der Waals surface area contributed by atoms with Crippen LogP contribution in [0, 0.1) is 0 Å². The van der Waals surface area contributed by atoms with Gasteiger partial charge in [0.15, 0.2) is 0 Å². The number of carbonyl (C=O) groups excluding carboxylic acids is 1. The lowest BCUT2D eigenvalue weighted by molar-refractivity contribution is -0.109. The molecule has 0 bridgehead atoms. The summed E-state index contributed by atoms with van der Waals surface area (Å²) in [5.41, 5.74) is 4.85. The van der Waals surface area contributed by atoms with Crippen LogP contribution in [0.1, 0.15) is 0 Å². The number of hydrogen-bond acceptors (Lipinski definition) is 3. The summed E-state index contributed by atoms with van der Waals surface area (Å²) in [6.45, 7) is -0.260. The standard InChI is InChI=1S/C3H7NO2/c4-3(1-5)2-6/h1,3,6H,2,4H2. The second-order valence-corrected chi connectivity index (χ2v) is 0.983. The van der Waals surface area contributed by atoms with Crippen LogP contribution in [0.2, 0.25) is 0 Å². The predicted molar refractivity (Wildman–Crippen MR) is 21.1 cm³/mol. The maximum atomic E-state index is 9.45. The van der Waals surface area contributed by atoms with Gasteiger partial charge in [-0.25, -0.2) is 0 Å². The van der Waals surface area contributed by atoms with Crippen molar-refractivity contribution in [3.8, 4) is 0 Å². The summed E-state index contributed by atoms with van der Waals surface area (Å²) in [6.07, 6.45) is 0.500. The summed E-state index contributed by atoms with van der Waals surface area (Å²) in [4.78, 5) is 9.45. The van der Waals surface area contributed by atoms with E-state index in [-0.39, 0.29) is 6.61 Å². The van der Waals surface area contributed by atoms with Gasteiger partial charge in [-0.3, -0.25) is 0 Å². The fourth-order valence-electron chi connectivity index (χ4n) is 0.0430. The van der Waals surface area contributed by atoms with Gasteiger partial charge in [0.25, 0.3) is 0 Å². The molecular weight excluding hydrogens is 82.0 g/mol. The molecule has 3 heteroatoms. The number of aldehydes is 1. The Morgan fingerprint density at radius 1 is 2.00 bits per heavy atom. The lowest BCUT2D eigenvalue weighted by atomic mass is 10.4. The topological polar surface area (TPSA) is 63.3 Å². The van der Waals surface area contributed by atoms with Crippen LogP contribution in [0.25, 0.3) is 0 Å². The van der Waals surface area contributed by atoms with Crippen molar-refractivity contribution in [2.45, 2.75) is 6.04 Å². The third kappa shape index (κ3) is 1.87. The molecule has 0 aromatic rings. The fourth-order valence-corrected chi connectivity index (χ4v) is 0.0430. The number of aliphatic hydroxyl groups excluding tert-OH is 1. The van der Waals surface area contributed by atoms with Gasteiger partial charge in [-0.05, 0) is 0 Å². The summed E-state index contributed by atoms with van der Waals surface area (Å²) >= 11 is 0. The molecule has 0 saturated carbocycles. The third-order valence-electron chi connectivity index (χ3n) is 0.386. The van der Waals surface area contributed by atoms with E-state index >= 15 is 0 Å². The third-order valence-corrected chi connectivity index (χ3v) is 0.386. The van der Waals surface area contributed by atoms with Crippen molar-refractivity contribution < 1.29 is 9.90 Å². The molecule has 0 aliphatic rings. The van der Waals surface area contributed by atoms with Crippen LogP contribution in [-0.2, 0) is 4.79 Å². The minimum Gasteiger partial charge on any atom is -0.394 e. The molecule has 0 radical (unpaired) electrons. The molecule has 0 spiro atoms. The number of rotatable bonds is 2. The second-order valence-electron chi connectivity index (χ2n) is 0.983. The lowest BCUT2D eigenvalue weighted by Gasteiger charge is -1.90. The van der Waals surface area contributed by atoms with Crippen molar-refractivity contribution in [2.24, 2.45) is 5.73 Å². The molecule has 0 amide bonds. The minimum atomic E-state index is -0.690. The van der Waals surface area contributed by atoms with E-state index in [1.807, 2.05) is 0 Å². The van der Waals surface area contributed by atoms with E-state index in [9.17, 15) is 4.79 Å². The molecule has 3 nitrogen and oxygen atoms in total. The van der Waals surface area contributed by atoms with Gasteiger partial charge in [0.1, 0.15) is 6.29 Å². The van der Waals surface area contributed by atoms with Gasteiger partial charge < -0.3 is 15.6 Å². The summed E-state index contributed by atoms with van der Waals surface area (Å²) in [5.74, 6) is 0. The van der Waals surface area contributed by atoms with Crippen LogP contribution in [0.5, 0.6) is 0 Å². The Hall–Kier alpha value is -0.410. The van der Waals surface area contributed by atoms with Crippen LogP contribution >= 0.6 is 0 Å². The fraction of sp³-hybridized carbons (Fsp3) is 0.667. The summed E-state index contributed by atoms with van der Waals surface area (Å²) < 4.78 is 0. The average Bonchev–Trinajstić information content (AvgIpc) is 1.65. The number of carbonyl (C=O) groups is 1. The zero-order valence-corrected chi connectivity index (χ0v) is 3.29. The highest BCUT2D eigenvalue weighted by Gasteiger charge is 1.90. The number of aliphatic hydroxyl groups is 1. The van der Waals surface area contributed by atoms with E-state index in [0.29, 0.717) is 6.29 Å². The predicted octanol–water partition coefficient (Wildman–Crippen LogP) is -1.50. The lowest BCUT2D eigenvalue weighted by Crippen LogP contribution is -2.25. The van der Waals surface area contributed by atoms with Crippen LogP contribution in [-0.4, -0.2) is 24.0 Å². The van der Waals surface area contributed by atoms with Crippen molar-refractivity contribution in [1.29, 1.82) is 0 Å². The Kier molecular flexibility index (Phi) is 2.62. The molecule has 0 fully saturated rings. The Labute approximate surface area is 35.8 Å². The summed E-state index contributed by atoms with van der Waals surface area (Å²) in [5, 5.41) is 7.98. The first-order valence-corrected chi connectivity index (χ1v) is 1.63. The Morgan fingerprint density at radius 3 is 2.50 bits per heavy atom. The summed E-state index contributed by atoms with van der Waals surface area (Å²) in [6, 6.07) is -0.690. The van der Waals surface area contributed by atoms with Crippen molar-refractivity contribution in [1.82, 2.24) is 0 Å². The zero-order chi connectivity index (χ0) is 4.99. The molecule has 0 saturated heterocycles. The first-order chi connectivity index (χ1) is 2.81. The van der Waals surface area contributed by atoms with Crippen LogP contribution < -0.4 is 5.73 Å². The zero-order valence-electron chi connectivity index (χ0n) is 3.29. The Balaban J connectivity index is 2.96. The molecule has 0 rings (SSSR count). The maximum Gasteiger partial charge on any atom is 0.139 e. The molecule has 0 aromatic carbocycles. The first kappa shape index (κ1) is 5.59. The molecule has 3 N–H and O–H groups in total. The Bertz CT molecular complexity index is 46.1. The van der Waals surface area contributed by atoms with E-state index < -0.39 is 6.04 Å². The molecular formula is C3H7NO2. The quantitative estimate of drug-likeness (QED) is 0.405. The molecule has 0 heterocycles. The molecule has 1 atom stereocenters. The largest absolute Gasteiger partial charge is 0.394 e. The highest BCUT2D eigenvalue weighted by Crippen LogP contribution is 1.60. The van der Waals surface area contributed by atoms with Gasteiger partial charge in [0.2, 0.25) is 0 Å². The van der Waals surface area contributed by atoms with Crippen molar-refractivity contribution in [3.05, 3.63) is 0 Å². The van der Waals surface area contributed by atoms with E-state index in [1.54, 1.807) is 0 Å². The van der Waals surface area contributed by atoms with Gasteiger partial charge in [0.05, 0.1) is 12.6 Å². The molecule has 0 aliphatic carbocycles. The molecule has 0 aromatic heterocycles. The molecule has 36 valence electrons. The molecule has 6 heavy (non-hydrogen) atoms. The monoisotopic (exact) mass is 89.0 g/mol. The summed E-state index contributed by atoms with van der Waals surface area (Å²) in [7, 11) is 0. The SMILES string of the molecule is NC(C=O)CO. The van der Waals surface area contributed by atoms with Gasteiger partial charge in [-0.15, -0.1) is 0 Å². The minimum absolute atomic E-state index is 0.260. The molecule has 1 unspecified atom stereocenters. The molecule has 0 aliphatic heterocycles. The smallest absolute Gasteiger partial charge is 0.139 e. The van der Waals surface area contributed by atoms with Crippen molar-refractivity contribution >= 4 is 6.29 Å². The van der Waals surface area contributed by atoms with Gasteiger partial charge in [-0.1, -0.05) is 0 Å². The van der Waals surface area contributed by atoms with Crippen molar-refractivity contribution in [2.75, 3.05) is 6.61 Å². The highest BCUT2D eigenvalue weighted by molar-refractivity contribution is 5.56. The van der Waals surface area contributed by atoms with Gasteiger partial charge in [-0.2, -0.15) is 0 Å². The second kappa shape index (κ2) is 2.81. The Morgan fingerprint density at radius 2 is 2.50 bits per heavy atom. The van der Waals surface area contributed by atoms with E-state index in [4.69, 9.17) is 10.8 Å². The first-order valence-electron chi connectivity index (χ1n) is 1.63. The number of nitrogens with two attached hydrogens (primary N) is 1. The maximum absolute atomic E-state index is 9.45. The highest BCUT2D eigenvalue weighted by atomic mass is 16.3. The van der Waals surface area contributed by atoms with Crippen LogP contribution in [0.4, 0.5) is 0 Å². The normalized spacial score (nSPS) is 13.7. The van der Waals surface area contributed by atoms with Gasteiger partial charge in [0, 0.05) is 0 Å². The van der Waals surface area contributed by atoms with Crippen molar-refractivity contribution in [3.63, 3.8) is 0 Å². The van der Waals surface area contributed by atoms with E-state index in [1.165, 1.54) is 0 Å². The average molecular weight is 89.1 g/mol. The number of hydrogen-bond donors (Lipinski definition) is 2. The van der Waals surface area contributed by atoms with E-state index in [2.05, 4.69) is 0 Å². The van der Waals surface area contributed by atoms with Crippen LogP contribution in [0.15, 0.2) is 0 Å².